The molecule has 0 aliphatic carbocycles. The average molecular weight is 266 g/mol. The van der Waals surface area contributed by atoms with Gasteiger partial charge in [-0.2, -0.15) is 0 Å². The van der Waals surface area contributed by atoms with Crippen LogP contribution in [0, 0.1) is 5.41 Å². The molecule has 0 bridgehead atoms. The molecule has 0 fully saturated rings. The molecule has 0 aliphatic rings. The van der Waals surface area contributed by atoms with Gasteiger partial charge in [-0.15, -0.1) is 0 Å². The van der Waals surface area contributed by atoms with Crippen molar-refractivity contribution >= 4 is 23.1 Å². The van der Waals surface area contributed by atoms with Gasteiger partial charge in [-0.25, -0.2) is 9.97 Å². The first-order valence-corrected chi connectivity index (χ1v) is 6.30. The van der Waals surface area contributed by atoms with Crippen LogP contribution in [0.15, 0.2) is 18.6 Å². The maximum Gasteiger partial charge on any atom is 0.233 e. The fourth-order valence-electron chi connectivity index (χ4n) is 1.79. The summed E-state index contributed by atoms with van der Waals surface area (Å²) < 4.78 is 0. The summed E-state index contributed by atoms with van der Waals surface area (Å²) in [6, 6.07) is 1.75. The van der Waals surface area contributed by atoms with E-state index in [1.807, 2.05) is 13.8 Å². The highest BCUT2D eigenvalue weighted by Gasteiger charge is 2.37. The Bertz CT molecular complexity index is 417. The van der Waals surface area contributed by atoms with E-state index in [1.165, 1.54) is 6.33 Å². The molecule has 0 saturated heterocycles. The molecule has 0 spiro atoms. The topological polar surface area (TPSA) is 80.9 Å². The molecule has 0 radical (unpaired) electrons. The van der Waals surface area contributed by atoms with Crippen molar-refractivity contribution in [1.29, 1.82) is 0 Å². The van der Waals surface area contributed by atoms with Gasteiger partial charge >= 0.3 is 0 Å². The van der Waals surface area contributed by atoms with Crippen LogP contribution in [-0.4, -0.2) is 20.9 Å². The summed E-state index contributed by atoms with van der Waals surface area (Å²) in [4.78, 5) is 20.3. The van der Waals surface area contributed by atoms with E-state index in [9.17, 15) is 4.79 Å². The highest BCUT2D eigenvalue weighted by Crippen LogP contribution is 2.27. The lowest BCUT2D eigenvalue weighted by Gasteiger charge is -2.28. The van der Waals surface area contributed by atoms with Crippen LogP contribution >= 0.6 is 12.2 Å². The second-order valence-electron chi connectivity index (χ2n) is 4.04. The normalized spacial score (nSPS) is 11.0. The van der Waals surface area contributed by atoms with Crippen molar-refractivity contribution in [3.8, 4) is 0 Å². The maximum absolute atomic E-state index is 12.2. The van der Waals surface area contributed by atoms with Gasteiger partial charge in [0.2, 0.25) is 5.91 Å². The van der Waals surface area contributed by atoms with E-state index < -0.39 is 5.41 Å². The molecule has 1 amide bonds. The van der Waals surface area contributed by atoms with Crippen molar-refractivity contribution in [2.24, 2.45) is 11.1 Å². The van der Waals surface area contributed by atoms with E-state index in [-0.39, 0.29) is 10.9 Å². The van der Waals surface area contributed by atoms with Crippen LogP contribution < -0.4 is 11.1 Å². The molecule has 3 N–H and O–H groups in total. The summed E-state index contributed by atoms with van der Waals surface area (Å²) in [6.45, 7) is 4.17. The summed E-state index contributed by atoms with van der Waals surface area (Å²) in [5.74, 6) is -0.140. The van der Waals surface area contributed by atoms with E-state index in [2.05, 4.69) is 15.3 Å². The number of hydrogen-bond acceptors (Lipinski definition) is 4. The third kappa shape index (κ3) is 3.01. The highest BCUT2D eigenvalue weighted by molar-refractivity contribution is 7.80. The minimum atomic E-state index is -0.762. The Balaban J connectivity index is 2.72. The molecule has 1 heterocycles. The SMILES string of the molecule is CCC(CC)(C(=O)NCc1ccncn1)C(N)=S. The van der Waals surface area contributed by atoms with Gasteiger partial charge in [0.1, 0.15) is 6.33 Å². The van der Waals surface area contributed by atoms with Crippen LogP contribution in [0.3, 0.4) is 0 Å². The van der Waals surface area contributed by atoms with Gasteiger partial charge in [-0.3, -0.25) is 4.79 Å². The summed E-state index contributed by atoms with van der Waals surface area (Å²) >= 11 is 5.03. The molecule has 0 atom stereocenters. The molecule has 1 rings (SSSR count). The number of hydrogen-bond donors (Lipinski definition) is 2. The summed E-state index contributed by atoms with van der Waals surface area (Å²) in [5.41, 5.74) is 5.70. The Hall–Kier alpha value is -1.56. The van der Waals surface area contributed by atoms with Gasteiger partial charge in [-0.05, 0) is 18.9 Å². The average Bonchev–Trinajstić information content (AvgIpc) is 2.39. The largest absolute Gasteiger partial charge is 0.392 e. The van der Waals surface area contributed by atoms with Gasteiger partial charge < -0.3 is 11.1 Å². The maximum atomic E-state index is 12.2. The van der Waals surface area contributed by atoms with E-state index >= 15 is 0 Å². The van der Waals surface area contributed by atoms with E-state index in [4.69, 9.17) is 18.0 Å². The quantitative estimate of drug-likeness (QED) is 0.756. The second kappa shape index (κ2) is 6.39. The lowest BCUT2D eigenvalue weighted by Crippen LogP contribution is -2.48. The monoisotopic (exact) mass is 266 g/mol. The van der Waals surface area contributed by atoms with Crippen molar-refractivity contribution in [2.75, 3.05) is 0 Å². The number of rotatable bonds is 6. The fourth-order valence-corrected chi connectivity index (χ4v) is 2.18. The summed E-state index contributed by atoms with van der Waals surface area (Å²) in [5, 5.41) is 2.83. The molecule has 18 heavy (non-hydrogen) atoms. The molecule has 5 nitrogen and oxygen atoms in total. The van der Waals surface area contributed by atoms with Gasteiger partial charge in [-0.1, -0.05) is 26.1 Å². The lowest BCUT2D eigenvalue weighted by molar-refractivity contribution is -0.128. The fraction of sp³-hybridized carbons (Fsp3) is 0.500. The molecule has 0 saturated carbocycles. The first-order chi connectivity index (χ1) is 8.56. The zero-order chi connectivity index (χ0) is 13.6. The summed E-state index contributed by atoms with van der Waals surface area (Å²) in [7, 11) is 0. The molecule has 0 aliphatic heterocycles. The van der Waals surface area contributed by atoms with Gasteiger partial charge in [0.15, 0.2) is 0 Å². The number of carbonyl (C=O) groups is 1. The number of carbonyl (C=O) groups excluding carboxylic acids is 1. The van der Waals surface area contributed by atoms with Crippen LogP contribution in [-0.2, 0) is 11.3 Å². The van der Waals surface area contributed by atoms with Crippen LogP contribution in [0.5, 0.6) is 0 Å². The zero-order valence-electron chi connectivity index (χ0n) is 10.6. The Morgan fingerprint density at radius 2 is 2.17 bits per heavy atom. The second-order valence-corrected chi connectivity index (χ2v) is 4.48. The number of thiocarbonyl (C=S) groups is 1. The number of aromatic nitrogens is 2. The Labute approximate surface area is 112 Å². The first-order valence-electron chi connectivity index (χ1n) is 5.90. The smallest absolute Gasteiger partial charge is 0.233 e. The van der Waals surface area contributed by atoms with Crippen molar-refractivity contribution in [1.82, 2.24) is 15.3 Å². The zero-order valence-corrected chi connectivity index (χ0v) is 11.5. The predicted octanol–water partition coefficient (Wildman–Crippen LogP) is 1.19. The number of nitrogens with one attached hydrogen (secondary N) is 1. The summed E-state index contributed by atoms with van der Waals surface area (Å²) in [6.07, 6.45) is 4.26. The van der Waals surface area contributed by atoms with Gasteiger partial charge in [0, 0.05) is 6.20 Å². The molecule has 0 aromatic carbocycles. The number of nitrogens with zero attached hydrogens (tertiary/aromatic N) is 2. The highest BCUT2D eigenvalue weighted by atomic mass is 32.1. The van der Waals surface area contributed by atoms with Crippen molar-refractivity contribution < 1.29 is 4.79 Å². The molecular formula is C12H18N4OS. The van der Waals surface area contributed by atoms with Crippen LogP contribution in [0.4, 0.5) is 0 Å². The van der Waals surface area contributed by atoms with Crippen LogP contribution in [0.1, 0.15) is 32.4 Å². The van der Waals surface area contributed by atoms with E-state index in [1.54, 1.807) is 12.3 Å². The minimum Gasteiger partial charge on any atom is -0.392 e. The molecule has 1 aromatic rings. The Morgan fingerprint density at radius 1 is 1.50 bits per heavy atom. The van der Waals surface area contributed by atoms with Crippen molar-refractivity contribution in [3.63, 3.8) is 0 Å². The third-order valence-electron chi connectivity index (χ3n) is 3.19. The molecule has 1 aromatic heterocycles. The Kier molecular flexibility index (Phi) is 5.15. The van der Waals surface area contributed by atoms with Crippen molar-refractivity contribution in [2.45, 2.75) is 33.2 Å². The standard InChI is InChI=1S/C12H18N4OS/c1-3-12(4-2,10(13)18)11(17)15-7-9-5-6-14-8-16-9/h5-6,8H,3-4,7H2,1-2H3,(H2,13,18)(H,15,17). The Morgan fingerprint density at radius 3 is 2.61 bits per heavy atom. The minimum absolute atomic E-state index is 0.140. The molecule has 6 heteroatoms. The lowest BCUT2D eigenvalue weighted by atomic mass is 9.81. The molecule has 98 valence electrons. The number of amides is 1. The van der Waals surface area contributed by atoms with E-state index in [0.29, 0.717) is 19.4 Å². The molecular weight excluding hydrogens is 248 g/mol. The first kappa shape index (κ1) is 14.5. The van der Waals surface area contributed by atoms with E-state index in [0.717, 1.165) is 5.69 Å². The van der Waals surface area contributed by atoms with Crippen LogP contribution in [0.2, 0.25) is 0 Å². The molecule has 0 unspecified atom stereocenters. The van der Waals surface area contributed by atoms with Gasteiger partial charge in [0.25, 0.3) is 0 Å². The third-order valence-corrected chi connectivity index (χ3v) is 3.58. The number of nitrogens with two attached hydrogens (primary N) is 1. The van der Waals surface area contributed by atoms with Gasteiger partial charge in [0.05, 0.1) is 22.6 Å². The van der Waals surface area contributed by atoms with Crippen LogP contribution in [0.25, 0.3) is 0 Å². The van der Waals surface area contributed by atoms with Crippen molar-refractivity contribution in [3.05, 3.63) is 24.3 Å². The predicted molar refractivity (Wildman–Crippen MR) is 73.7 cm³/mol.